The average Bonchev–Trinajstić information content (AvgIpc) is 3.03. The minimum Gasteiger partial charge on any atom is -0.346 e. The van der Waals surface area contributed by atoms with Gasteiger partial charge in [0.2, 0.25) is 5.91 Å². The van der Waals surface area contributed by atoms with E-state index >= 15 is 0 Å². The first-order chi connectivity index (χ1) is 12.7. The maximum absolute atomic E-state index is 14.6. The first-order valence-electron chi connectivity index (χ1n) is 9.11. The third kappa shape index (κ3) is 3.84. The van der Waals surface area contributed by atoms with Crippen LogP contribution >= 0.6 is 0 Å². The zero-order valence-corrected chi connectivity index (χ0v) is 15.7. The van der Waals surface area contributed by atoms with Crippen molar-refractivity contribution >= 4 is 5.91 Å². The van der Waals surface area contributed by atoms with E-state index in [-0.39, 0.29) is 23.0 Å². The summed E-state index contributed by atoms with van der Waals surface area (Å²) < 4.78 is 41.5. The molecular weight excluding hydrogens is 353 g/mol. The summed E-state index contributed by atoms with van der Waals surface area (Å²) in [5, 5.41) is 0. The number of carbonyl (C=O) groups is 1. The van der Waals surface area contributed by atoms with Gasteiger partial charge < -0.3 is 4.90 Å². The number of aromatic nitrogens is 1. The molecule has 3 rings (SSSR count). The smallest absolute Gasteiger partial charge is 0.270 e. The molecule has 0 bridgehead atoms. The summed E-state index contributed by atoms with van der Waals surface area (Å²) in [6.07, 6.45) is 5.22. The van der Waals surface area contributed by atoms with Crippen LogP contribution in [0, 0.1) is 5.82 Å². The molecule has 1 aromatic carbocycles. The van der Waals surface area contributed by atoms with Gasteiger partial charge in [-0.15, -0.1) is 0 Å². The predicted molar refractivity (Wildman–Crippen MR) is 98.2 cm³/mol. The number of halogens is 3. The van der Waals surface area contributed by atoms with Crippen molar-refractivity contribution in [1.82, 2.24) is 9.88 Å². The van der Waals surface area contributed by atoms with Crippen LogP contribution in [0.25, 0.3) is 11.1 Å². The largest absolute Gasteiger partial charge is 0.346 e. The number of nitrogens with zero attached hydrogens (tertiary/aromatic N) is 2. The van der Waals surface area contributed by atoms with Gasteiger partial charge in [-0.25, -0.2) is 13.2 Å². The average molecular weight is 376 g/mol. The molecule has 2 aromatic rings. The Hall–Kier alpha value is -2.37. The van der Waals surface area contributed by atoms with Crippen LogP contribution in [0.15, 0.2) is 30.6 Å². The number of fused-ring (bicyclic) bond motifs is 1. The highest BCUT2D eigenvalue weighted by atomic mass is 19.3. The van der Waals surface area contributed by atoms with Crippen molar-refractivity contribution in [3.05, 3.63) is 53.1 Å². The second-order valence-corrected chi connectivity index (χ2v) is 7.19. The molecule has 0 radical (unpaired) electrons. The Kier molecular flexibility index (Phi) is 5.27. The highest BCUT2D eigenvalue weighted by molar-refractivity contribution is 5.78. The zero-order chi connectivity index (χ0) is 19.8. The predicted octanol–water partition coefficient (Wildman–Crippen LogP) is 4.90. The summed E-state index contributed by atoms with van der Waals surface area (Å²) in [7, 11) is 1.77. The van der Waals surface area contributed by atoms with E-state index in [1.165, 1.54) is 12.1 Å². The molecule has 6 heteroatoms. The van der Waals surface area contributed by atoms with Crippen LogP contribution in [0.4, 0.5) is 13.2 Å². The fourth-order valence-electron chi connectivity index (χ4n) is 3.60. The molecule has 1 heterocycles. The van der Waals surface area contributed by atoms with Crippen LogP contribution in [0.1, 0.15) is 49.3 Å². The minimum absolute atomic E-state index is 0.0521. The molecule has 1 amide bonds. The normalized spacial score (nSPS) is 16.3. The topological polar surface area (TPSA) is 33.2 Å². The van der Waals surface area contributed by atoms with Crippen molar-refractivity contribution in [3.63, 3.8) is 0 Å². The summed E-state index contributed by atoms with van der Waals surface area (Å²) in [5.41, 5.74) is 2.45. The number of hydrogen-bond donors (Lipinski definition) is 0. The standard InChI is InChI=1S/C21H23F3N2O/c1-4-26(3)20(27)9-13-5-7-15-17(13)11-25-12-18(15)16-8-6-14(10-19(16)22)21(2,23)24/h6,8,10-13H,4-5,7,9H2,1-3H3. The van der Waals surface area contributed by atoms with Crippen molar-refractivity contribution in [3.8, 4) is 11.1 Å². The molecule has 1 aromatic heterocycles. The van der Waals surface area contributed by atoms with Gasteiger partial charge in [-0.05, 0) is 42.9 Å². The Labute approximate surface area is 157 Å². The number of alkyl halides is 2. The van der Waals surface area contributed by atoms with E-state index < -0.39 is 11.7 Å². The van der Waals surface area contributed by atoms with E-state index in [9.17, 15) is 18.0 Å². The Morgan fingerprint density at radius 2 is 2.04 bits per heavy atom. The molecule has 1 aliphatic carbocycles. The van der Waals surface area contributed by atoms with Crippen LogP contribution in [0.5, 0.6) is 0 Å². The van der Waals surface area contributed by atoms with Gasteiger partial charge >= 0.3 is 0 Å². The Bertz CT molecular complexity index is 861. The van der Waals surface area contributed by atoms with Crippen LogP contribution < -0.4 is 0 Å². The third-order valence-electron chi connectivity index (χ3n) is 5.36. The number of rotatable bonds is 5. The van der Waals surface area contributed by atoms with Crippen LogP contribution in [0.3, 0.4) is 0 Å². The molecule has 1 atom stereocenters. The fourth-order valence-corrected chi connectivity index (χ4v) is 3.60. The van der Waals surface area contributed by atoms with Crippen molar-refractivity contribution < 1.29 is 18.0 Å². The van der Waals surface area contributed by atoms with Crippen molar-refractivity contribution in [2.45, 2.75) is 45.0 Å². The summed E-state index contributed by atoms with van der Waals surface area (Å²) in [5.74, 6) is -3.65. The lowest BCUT2D eigenvalue weighted by Crippen LogP contribution is -2.27. The maximum atomic E-state index is 14.6. The molecule has 27 heavy (non-hydrogen) atoms. The van der Waals surface area contributed by atoms with Gasteiger partial charge in [0.1, 0.15) is 5.82 Å². The molecule has 0 spiro atoms. The van der Waals surface area contributed by atoms with Crippen LogP contribution in [-0.4, -0.2) is 29.4 Å². The Morgan fingerprint density at radius 3 is 2.67 bits per heavy atom. The quantitative estimate of drug-likeness (QED) is 0.744. The fraction of sp³-hybridized carbons (Fsp3) is 0.429. The summed E-state index contributed by atoms with van der Waals surface area (Å²) in [4.78, 5) is 18.2. The van der Waals surface area contributed by atoms with Gasteiger partial charge in [0, 0.05) is 56.0 Å². The van der Waals surface area contributed by atoms with Gasteiger partial charge in [-0.1, -0.05) is 12.1 Å². The first-order valence-corrected chi connectivity index (χ1v) is 9.11. The van der Waals surface area contributed by atoms with Gasteiger partial charge in [-0.2, -0.15) is 0 Å². The van der Waals surface area contributed by atoms with E-state index in [0.717, 1.165) is 30.5 Å². The van der Waals surface area contributed by atoms with Gasteiger partial charge in [-0.3, -0.25) is 9.78 Å². The van der Waals surface area contributed by atoms with Crippen LogP contribution in [0.2, 0.25) is 0 Å². The third-order valence-corrected chi connectivity index (χ3v) is 5.36. The monoisotopic (exact) mass is 376 g/mol. The van der Waals surface area contributed by atoms with Crippen molar-refractivity contribution in [2.24, 2.45) is 0 Å². The lowest BCUT2D eigenvalue weighted by molar-refractivity contribution is -0.130. The molecule has 3 nitrogen and oxygen atoms in total. The van der Waals surface area contributed by atoms with Gasteiger partial charge in [0.15, 0.2) is 0 Å². The molecule has 144 valence electrons. The molecule has 0 saturated carbocycles. The lowest BCUT2D eigenvalue weighted by atomic mass is 9.94. The van der Waals surface area contributed by atoms with E-state index in [2.05, 4.69) is 4.98 Å². The van der Waals surface area contributed by atoms with Crippen LogP contribution in [-0.2, 0) is 17.1 Å². The molecule has 0 fully saturated rings. The van der Waals surface area contributed by atoms with Gasteiger partial charge in [0.25, 0.3) is 5.92 Å². The highest BCUT2D eigenvalue weighted by Crippen LogP contribution is 2.41. The van der Waals surface area contributed by atoms with Crippen molar-refractivity contribution in [2.75, 3.05) is 13.6 Å². The Morgan fingerprint density at radius 1 is 1.30 bits per heavy atom. The maximum Gasteiger partial charge on any atom is 0.270 e. The molecule has 0 saturated heterocycles. The number of carbonyl (C=O) groups excluding carboxylic acids is 1. The molecule has 0 N–H and O–H groups in total. The minimum atomic E-state index is -3.09. The molecule has 1 aliphatic rings. The summed E-state index contributed by atoms with van der Waals surface area (Å²) in [6, 6.07) is 3.54. The van der Waals surface area contributed by atoms with Gasteiger partial charge in [0.05, 0.1) is 0 Å². The molecule has 0 aliphatic heterocycles. The number of benzene rings is 1. The first kappa shape index (κ1) is 19.4. The lowest BCUT2D eigenvalue weighted by Gasteiger charge is -2.18. The highest BCUT2D eigenvalue weighted by Gasteiger charge is 2.30. The summed E-state index contributed by atoms with van der Waals surface area (Å²) in [6.45, 7) is 3.32. The second-order valence-electron chi connectivity index (χ2n) is 7.19. The summed E-state index contributed by atoms with van der Waals surface area (Å²) >= 11 is 0. The Balaban J connectivity index is 1.94. The zero-order valence-electron chi connectivity index (χ0n) is 15.7. The van der Waals surface area contributed by atoms with E-state index in [0.29, 0.717) is 24.9 Å². The second kappa shape index (κ2) is 7.33. The van der Waals surface area contributed by atoms with Crippen molar-refractivity contribution in [1.29, 1.82) is 0 Å². The molecule has 1 unspecified atom stereocenters. The van der Waals surface area contributed by atoms with E-state index in [1.807, 2.05) is 6.92 Å². The molecular formula is C21H23F3N2O. The number of hydrogen-bond acceptors (Lipinski definition) is 2. The number of amides is 1. The number of pyridine rings is 1. The van der Waals surface area contributed by atoms with E-state index in [1.54, 1.807) is 24.3 Å². The van der Waals surface area contributed by atoms with E-state index in [4.69, 9.17) is 0 Å². The SMILES string of the molecule is CCN(C)C(=O)CC1CCc2c(-c3ccc(C(C)(F)F)cc3F)cncc21.